The molecule has 10 heavy (non-hydrogen) atoms. The molecule has 2 atom stereocenters. The third-order valence-electron chi connectivity index (χ3n) is 0.740. The highest BCUT2D eigenvalue weighted by atomic mass is 32.2. The Morgan fingerprint density at radius 1 is 1.90 bits per heavy atom. The molecule has 0 aliphatic rings. The van der Waals surface area contributed by atoms with Crippen molar-refractivity contribution in [2.45, 2.75) is 5.37 Å². The zero-order valence-corrected chi connectivity index (χ0v) is 5.93. The lowest BCUT2D eigenvalue weighted by molar-refractivity contribution is 0.562. The number of hydrogen-bond acceptors (Lipinski definition) is 4. The van der Waals surface area contributed by atoms with E-state index in [4.69, 9.17) is 9.92 Å². The van der Waals surface area contributed by atoms with Crippen LogP contribution in [0.1, 0.15) is 0 Å². The van der Waals surface area contributed by atoms with Crippen molar-refractivity contribution in [2.24, 2.45) is 10.1 Å². The van der Waals surface area contributed by atoms with Crippen molar-refractivity contribution in [3.05, 3.63) is 12.7 Å². The molecule has 6 heteroatoms. The lowest BCUT2D eigenvalue weighted by Crippen LogP contribution is -2.23. The highest BCUT2D eigenvalue weighted by molar-refractivity contribution is 7.90. The molecule has 0 saturated carbocycles. The van der Waals surface area contributed by atoms with Crippen LogP contribution in [0.3, 0.4) is 0 Å². The Balaban J connectivity index is 4.70. The van der Waals surface area contributed by atoms with Crippen molar-refractivity contribution < 1.29 is 9.00 Å². The summed E-state index contributed by atoms with van der Waals surface area (Å²) in [6, 6.07) is 0. The van der Waals surface area contributed by atoms with Gasteiger partial charge in [0.1, 0.15) is 9.92 Å². The van der Waals surface area contributed by atoms with Crippen molar-refractivity contribution in [2.75, 3.05) is 0 Å². The Kier molecular flexibility index (Phi) is 2.95. The Hall–Kier alpha value is -0.970. The fraction of sp³-hybridized carbons (Fsp3) is 0.250. The van der Waals surface area contributed by atoms with Crippen LogP contribution in [0.2, 0.25) is 0 Å². The van der Waals surface area contributed by atoms with E-state index in [1.165, 1.54) is 0 Å². The van der Waals surface area contributed by atoms with Crippen molar-refractivity contribution in [1.29, 1.82) is 4.78 Å². The SMILES string of the molecule is C=CC(N=C=O)S(=N)(N)=O. The minimum Gasteiger partial charge on any atom is -0.243 e. The summed E-state index contributed by atoms with van der Waals surface area (Å²) >= 11 is 0. The molecule has 0 spiro atoms. The number of carbonyl (C=O) groups excluding carboxylic acids is 1. The third-order valence-corrected chi connectivity index (χ3v) is 1.76. The van der Waals surface area contributed by atoms with Gasteiger partial charge in [0.25, 0.3) is 0 Å². The molecule has 5 nitrogen and oxygen atoms in total. The molecular formula is C4H7N3O2S. The van der Waals surface area contributed by atoms with E-state index in [1.807, 2.05) is 0 Å². The topological polar surface area (TPSA) is 96.4 Å². The van der Waals surface area contributed by atoms with Gasteiger partial charge >= 0.3 is 0 Å². The van der Waals surface area contributed by atoms with Gasteiger partial charge in [-0.05, 0) is 0 Å². The van der Waals surface area contributed by atoms with Crippen LogP contribution in [-0.4, -0.2) is 15.7 Å². The average Bonchev–Trinajstić information content (AvgIpc) is 1.80. The van der Waals surface area contributed by atoms with Gasteiger partial charge in [0.05, 0.1) is 0 Å². The molecule has 0 heterocycles. The number of hydrogen-bond donors (Lipinski definition) is 2. The summed E-state index contributed by atoms with van der Waals surface area (Å²) in [5, 5.41) is 3.68. The normalized spacial score (nSPS) is 18.1. The minimum absolute atomic E-state index is 1.07. The largest absolute Gasteiger partial charge is 0.243 e. The van der Waals surface area contributed by atoms with Crippen LogP contribution in [0, 0.1) is 4.78 Å². The Morgan fingerprint density at radius 3 is 2.50 bits per heavy atom. The van der Waals surface area contributed by atoms with Gasteiger partial charge in [0.2, 0.25) is 6.08 Å². The molecule has 0 aliphatic carbocycles. The van der Waals surface area contributed by atoms with Gasteiger partial charge in [-0.2, -0.15) is 4.99 Å². The molecule has 0 aromatic rings. The first kappa shape index (κ1) is 9.03. The molecule has 3 N–H and O–H groups in total. The maximum Gasteiger partial charge on any atom is 0.236 e. The predicted octanol–water partition coefficient (Wildman–Crippen LogP) is -0.245. The third kappa shape index (κ3) is 2.54. The molecule has 0 saturated heterocycles. The standard InChI is InChI=1S/C4H7N3O2S/c1-2-4(7-3-8)10(5,6)9/h2,4H,1H2,(H3,5,6,9). The van der Waals surface area contributed by atoms with Crippen LogP contribution in [0.4, 0.5) is 0 Å². The first-order valence-electron chi connectivity index (χ1n) is 2.27. The van der Waals surface area contributed by atoms with E-state index < -0.39 is 15.3 Å². The number of rotatable bonds is 3. The van der Waals surface area contributed by atoms with Gasteiger partial charge in [0, 0.05) is 0 Å². The van der Waals surface area contributed by atoms with Crippen LogP contribution in [0.25, 0.3) is 0 Å². The maximum absolute atomic E-state index is 10.6. The van der Waals surface area contributed by atoms with Crippen molar-refractivity contribution in [1.82, 2.24) is 0 Å². The summed E-state index contributed by atoms with van der Waals surface area (Å²) in [5.74, 6) is 0. The van der Waals surface area contributed by atoms with Crippen LogP contribution in [-0.2, 0) is 14.7 Å². The highest BCUT2D eigenvalue weighted by Gasteiger charge is 2.10. The minimum atomic E-state index is -3.32. The molecule has 0 aromatic heterocycles. The summed E-state index contributed by atoms with van der Waals surface area (Å²) in [5.41, 5.74) is 0. The monoisotopic (exact) mass is 161 g/mol. The summed E-state index contributed by atoms with van der Waals surface area (Å²) in [4.78, 5) is 12.6. The zero-order chi connectivity index (χ0) is 8.20. The first-order valence-corrected chi connectivity index (χ1v) is 3.95. The average molecular weight is 161 g/mol. The Labute approximate surface area is 58.7 Å². The van der Waals surface area contributed by atoms with Crippen molar-refractivity contribution in [3.63, 3.8) is 0 Å². The molecule has 0 amide bonds. The van der Waals surface area contributed by atoms with Gasteiger partial charge in [-0.25, -0.2) is 18.9 Å². The number of nitrogens with two attached hydrogens (primary N) is 1. The second-order valence-electron chi connectivity index (χ2n) is 1.49. The molecule has 0 rings (SSSR count). The molecule has 0 fully saturated rings. The van der Waals surface area contributed by atoms with Crippen molar-refractivity contribution in [3.8, 4) is 0 Å². The molecule has 0 bridgehead atoms. The van der Waals surface area contributed by atoms with E-state index >= 15 is 0 Å². The second-order valence-corrected chi connectivity index (χ2v) is 3.27. The fourth-order valence-corrected chi connectivity index (χ4v) is 0.811. The molecule has 0 aliphatic heterocycles. The maximum atomic E-state index is 10.6. The van der Waals surface area contributed by atoms with E-state index in [9.17, 15) is 9.00 Å². The lowest BCUT2D eigenvalue weighted by Gasteiger charge is -2.02. The van der Waals surface area contributed by atoms with Gasteiger partial charge in [-0.3, -0.25) is 0 Å². The Morgan fingerprint density at radius 2 is 2.40 bits per heavy atom. The molecule has 56 valence electrons. The van der Waals surface area contributed by atoms with Gasteiger partial charge < -0.3 is 0 Å². The van der Waals surface area contributed by atoms with Gasteiger partial charge in [-0.1, -0.05) is 12.7 Å². The first-order chi connectivity index (χ1) is 4.52. The van der Waals surface area contributed by atoms with Gasteiger partial charge in [0.15, 0.2) is 5.37 Å². The molecule has 2 unspecified atom stereocenters. The lowest BCUT2D eigenvalue weighted by atomic mass is 10.6. The number of nitrogens with zero attached hydrogens (tertiary/aromatic N) is 1. The Bertz CT molecular complexity index is 262. The number of aliphatic imine (C=N–C) groups is 1. The van der Waals surface area contributed by atoms with Crippen LogP contribution >= 0.6 is 0 Å². The molecular weight excluding hydrogens is 154 g/mol. The smallest absolute Gasteiger partial charge is 0.236 e. The number of isocyanates is 1. The molecule has 0 aromatic carbocycles. The van der Waals surface area contributed by atoms with Crippen LogP contribution in [0.5, 0.6) is 0 Å². The van der Waals surface area contributed by atoms with Crippen LogP contribution < -0.4 is 5.14 Å². The van der Waals surface area contributed by atoms with Gasteiger partial charge in [-0.15, -0.1) is 0 Å². The predicted molar refractivity (Wildman–Crippen MR) is 37.2 cm³/mol. The van der Waals surface area contributed by atoms with Crippen LogP contribution in [0.15, 0.2) is 17.6 Å². The summed E-state index contributed by atoms with van der Waals surface area (Å²) in [6.07, 6.45) is 2.22. The summed E-state index contributed by atoms with van der Waals surface area (Å²) in [6.45, 7) is 3.19. The fourth-order valence-electron chi connectivity index (χ4n) is 0.326. The van der Waals surface area contributed by atoms with E-state index in [0.717, 1.165) is 12.2 Å². The zero-order valence-electron chi connectivity index (χ0n) is 5.11. The van der Waals surface area contributed by atoms with E-state index in [2.05, 4.69) is 11.6 Å². The van der Waals surface area contributed by atoms with E-state index in [0.29, 0.717) is 0 Å². The van der Waals surface area contributed by atoms with E-state index in [-0.39, 0.29) is 0 Å². The number of nitrogens with one attached hydrogen (secondary N) is 1. The van der Waals surface area contributed by atoms with E-state index in [1.54, 1.807) is 0 Å². The second kappa shape index (κ2) is 3.26. The molecule has 0 radical (unpaired) electrons. The summed E-state index contributed by atoms with van der Waals surface area (Å²) in [7, 11) is -3.32. The quantitative estimate of drug-likeness (QED) is 0.339. The summed E-state index contributed by atoms with van der Waals surface area (Å²) < 4.78 is 17.4. The highest BCUT2D eigenvalue weighted by Crippen LogP contribution is 1.97. The van der Waals surface area contributed by atoms with Crippen molar-refractivity contribution >= 4 is 16.0 Å².